The van der Waals surface area contributed by atoms with Crippen molar-refractivity contribution in [3.63, 3.8) is 0 Å². The number of carboxylic acid groups (broad SMARTS) is 1. The molecule has 7 heteroatoms. The molecule has 140 valence electrons. The first-order valence-electron chi connectivity index (χ1n) is 8.45. The maximum atomic E-state index is 12.5. The standard InChI is InChI=1S/C18H27NO6/c1-6-23-14-9-13(10-15(24-7-2)16(14)25-8-3)17(20)19-12(5)11(4)18(21)22/h9-12H,6-8H2,1-5H3,(H,19,20)(H,21,22). The monoisotopic (exact) mass is 353 g/mol. The van der Waals surface area contributed by atoms with Crippen molar-refractivity contribution in [3.8, 4) is 17.2 Å². The number of hydrogen-bond donors (Lipinski definition) is 2. The number of rotatable bonds is 10. The highest BCUT2D eigenvalue weighted by Gasteiger charge is 2.23. The molecule has 25 heavy (non-hydrogen) atoms. The molecule has 0 fully saturated rings. The van der Waals surface area contributed by atoms with Crippen LogP contribution < -0.4 is 19.5 Å². The lowest BCUT2D eigenvalue weighted by Gasteiger charge is -2.20. The van der Waals surface area contributed by atoms with Gasteiger partial charge in [-0.05, 0) is 46.8 Å². The number of carbonyl (C=O) groups is 2. The van der Waals surface area contributed by atoms with Gasteiger partial charge in [-0.25, -0.2) is 0 Å². The Balaban J connectivity index is 3.16. The minimum absolute atomic E-state index is 0.319. The van der Waals surface area contributed by atoms with Crippen LogP contribution in [0.1, 0.15) is 45.0 Å². The number of benzene rings is 1. The van der Waals surface area contributed by atoms with Gasteiger partial charge in [-0.1, -0.05) is 0 Å². The largest absolute Gasteiger partial charge is 0.490 e. The number of aliphatic carboxylic acids is 1. The molecule has 0 aliphatic heterocycles. The Bertz CT molecular complexity index is 574. The van der Waals surface area contributed by atoms with Crippen molar-refractivity contribution in [2.75, 3.05) is 19.8 Å². The first-order chi connectivity index (χ1) is 11.8. The van der Waals surface area contributed by atoms with E-state index >= 15 is 0 Å². The second-order valence-electron chi connectivity index (χ2n) is 5.49. The van der Waals surface area contributed by atoms with Gasteiger partial charge in [-0.2, -0.15) is 0 Å². The summed E-state index contributed by atoms with van der Waals surface area (Å²) in [6, 6.07) is 2.62. The molecule has 0 aliphatic carbocycles. The summed E-state index contributed by atoms with van der Waals surface area (Å²) >= 11 is 0. The summed E-state index contributed by atoms with van der Waals surface area (Å²) in [6.07, 6.45) is 0. The highest BCUT2D eigenvalue weighted by Crippen LogP contribution is 2.39. The lowest BCUT2D eigenvalue weighted by atomic mass is 10.0. The maximum absolute atomic E-state index is 12.5. The predicted octanol–water partition coefficient (Wildman–Crippen LogP) is 2.72. The average Bonchev–Trinajstić information content (AvgIpc) is 2.56. The van der Waals surface area contributed by atoms with Crippen LogP contribution in [-0.2, 0) is 4.79 Å². The normalized spacial score (nSPS) is 12.8. The Hall–Kier alpha value is -2.44. The third-order valence-electron chi connectivity index (χ3n) is 3.67. The maximum Gasteiger partial charge on any atom is 0.308 e. The van der Waals surface area contributed by atoms with Crippen LogP contribution in [-0.4, -0.2) is 42.8 Å². The third kappa shape index (κ3) is 5.55. The van der Waals surface area contributed by atoms with Crippen LogP contribution >= 0.6 is 0 Å². The highest BCUT2D eigenvalue weighted by atomic mass is 16.5. The summed E-state index contributed by atoms with van der Waals surface area (Å²) in [5.74, 6) is -0.784. The van der Waals surface area contributed by atoms with Gasteiger partial charge in [0.15, 0.2) is 11.5 Å². The van der Waals surface area contributed by atoms with Gasteiger partial charge in [-0.15, -0.1) is 0 Å². The van der Waals surface area contributed by atoms with Crippen LogP contribution in [0.4, 0.5) is 0 Å². The van der Waals surface area contributed by atoms with E-state index in [4.69, 9.17) is 19.3 Å². The van der Waals surface area contributed by atoms with Crippen LogP contribution in [0.2, 0.25) is 0 Å². The zero-order valence-electron chi connectivity index (χ0n) is 15.4. The fraction of sp³-hybridized carbons (Fsp3) is 0.556. The van der Waals surface area contributed by atoms with Gasteiger partial charge >= 0.3 is 5.97 Å². The fourth-order valence-electron chi connectivity index (χ4n) is 2.15. The number of ether oxygens (including phenoxy) is 3. The van der Waals surface area contributed by atoms with Crippen LogP contribution in [0.5, 0.6) is 17.2 Å². The van der Waals surface area contributed by atoms with Crippen molar-refractivity contribution in [2.24, 2.45) is 5.92 Å². The van der Waals surface area contributed by atoms with Gasteiger partial charge in [0.1, 0.15) is 0 Å². The smallest absolute Gasteiger partial charge is 0.308 e. The van der Waals surface area contributed by atoms with Gasteiger partial charge in [0, 0.05) is 11.6 Å². The lowest BCUT2D eigenvalue weighted by Crippen LogP contribution is -2.40. The number of hydrogen-bond acceptors (Lipinski definition) is 5. The van der Waals surface area contributed by atoms with E-state index in [1.807, 2.05) is 20.8 Å². The molecule has 0 aliphatic rings. The molecule has 0 spiro atoms. The number of nitrogens with one attached hydrogen (secondary N) is 1. The first kappa shape index (κ1) is 20.6. The highest BCUT2D eigenvalue weighted by molar-refractivity contribution is 5.96. The fourth-order valence-corrected chi connectivity index (χ4v) is 2.15. The van der Waals surface area contributed by atoms with Crippen LogP contribution in [0, 0.1) is 5.92 Å². The molecular weight excluding hydrogens is 326 g/mol. The van der Waals surface area contributed by atoms with Crippen LogP contribution in [0.25, 0.3) is 0 Å². The van der Waals surface area contributed by atoms with Crippen molar-refractivity contribution in [1.82, 2.24) is 5.32 Å². The molecule has 2 N–H and O–H groups in total. The molecule has 1 amide bonds. The number of carbonyl (C=O) groups excluding carboxylic acids is 1. The van der Waals surface area contributed by atoms with E-state index < -0.39 is 23.8 Å². The summed E-state index contributed by atoms with van der Waals surface area (Å²) in [5.41, 5.74) is 0.319. The van der Waals surface area contributed by atoms with E-state index in [0.717, 1.165) is 0 Å². The molecule has 0 heterocycles. The zero-order chi connectivity index (χ0) is 19.0. The molecule has 1 rings (SSSR count). The molecule has 0 bridgehead atoms. The first-order valence-corrected chi connectivity index (χ1v) is 8.45. The van der Waals surface area contributed by atoms with E-state index in [1.165, 1.54) is 0 Å². The molecule has 1 aromatic carbocycles. The molecule has 2 atom stereocenters. The van der Waals surface area contributed by atoms with Gasteiger partial charge in [0.25, 0.3) is 5.91 Å². The van der Waals surface area contributed by atoms with E-state index in [9.17, 15) is 9.59 Å². The Labute approximate surface area is 148 Å². The van der Waals surface area contributed by atoms with E-state index in [1.54, 1.807) is 26.0 Å². The van der Waals surface area contributed by atoms with Crippen molar-refractivity contribution in [3.05, 3.63) is 17.7 Å². The summed E-state index contributed by atoms with van der Waals surface area (Å²) in [4.78, 5) is 23.6. The average molecular weight is 353 g/mol. The Morgan fingerprint density at radius 2 is 1.48 bits per heavy atom. The minimum Gasteiger partial charge on any atom is -0.490 e. The molecule has 7 nitrogen and oxygen atoms in total. The van der Waals surface area contributed by atoms with Gasteiger partial charge in [-0.3, -0.25) is 9.59 Å². The Morgan fingerprint density at radius 3 is 1.88 bits per heavy atom. The van der Waals surface area contributed by atoms with Crippen LogP contribution in [0.15, 0.2) is 12.1 Å². The quantitative estimate of drug-likeness (QED) is 0.672. The third-order valence-corrected chi connectivity index (χ3v) is 3.67. The predicted molar refractivity (Wildman–Crippen MR) is 93.7 cm³/mol. The molecule has 1 aromatic rings. The zero-order valence-corrected chi connectivity index (χ0v) is 15.4. The second kappa shape index (κ2) is 9.76. The van der Waals surface area contributed by atoms with Gasteiger partial charge in [0.05, 0.1) is 25.7 Å². The van der Waals surface area contributed by atoms with E-state index in [2.05, 4.69) is 5.32 Å². The van der Waals surface area contributed by atoms with Crippen molar-refractivity contribution in [2.45, 2.75) is 40.7 Å². The van der Waals surface area contributed by atoms with Crippen LogP contribution in [0.3, 0.4) is 0 Å². The Kier molecular flexibility index (Phi) is 8.04. The van der Waals surface area contributed by atoms with Crippen molar-refractivity contribution < 1.29 is 28.9 Å². The summed E-state index contributed by atoms with van der Waals surface area (Å²) in [6.45, 7) is 9.95. The number of carboxylic acids is 1. The van der Waals surface area contributed by atoms with Gasteiger partial charge < -0.3 is 24.6 Å². The minimum atomic E-state index is -0.968. The topological polar surface area (TPSA) is 94.1 Å². The molecule has 0 saturated carbocycles. The number of amides is 1. The molecule has 0 radical (unpaired) electrons. The molecular formula is C18H27NO6. The van der Waals surface area contributed by atoms with Crippen molar-refractivity contribution >= 4 is 11.9 Å². The van der Waals surface area contributed by atoms with Gasteiger partial charge in [0.2, 0.25) is 5.75 Å². The Morgan fingerprint density at radius 1 is 1.00 bits per heavy atom. The summed E-state index contributed by atoms with van der Waals surface area (Å²) in [5, 5.41) is 11.7. The molecule has 2 unspecified atom stereocenters. The second-order valence-corrected chi connectivity index (χ2v) is 5.49. The molecule has 0 saturated heterocycles. The van der Waals surface area contributed by atoms with E-state index in [0.29, 0.717) is 42.6 Å². The summed E-state index contributed by atoms with van der Waals surface area (Å²) < 4.78 is 16.8. The lowest BCUT2D eigenvalue weighted by molar-refractivity contribution is -0.141. The van der Waals surface area contributed by atoms with Crippen molar-refractivity contribution in [1.29, 1.82) is 0 Å². The SMILES string of the molecule is CCOc1cc(C(=O)NC(C)C(C)C(=O)O)cc(OCC)c1OCC. The van der Waals surface area contributed by atoms with E-state index in [-0.39, 0.29) is 0 Å². The summed E-state index contributed by atoms with van der Waals surface area (Å²) in [7, 11) is 0. The molecule has 0 aromatic heterocycles.